The number of carbonyl (C=O) groups excluding carboxylic acids is 1. The molecule has 2 aromatic carbocycles. The Bertz CT molecular complexity index is 1200. The Kier molecular flexibility index (Phi) is 7.04. The molecule has 1 aliphatic heterocycles. The first kappa shape index (κ1) is 24.1. The molecule has 1 aromatic heterocycles. The van der Waals surface area contributed by atoms with Gasteiger partial charge in [-0.2, -0.15) is 0 Å². The zero-order valence-corrected chi connectivity index (χ0v) is 20.4. The maximum Gasteiger partial charge on any atom is 0.223 e. The van der Waals surface area contributed by atoms with Gasteiger partial charge in [0.2, 0.25) is 5.91 Å². The average molecular weight is 488 g/mol. The molecule has 0 bridgehead atoms. The minimum Gasteiger partial charge on any atom is -0.507 e. The molecule has 1 saturated carbocycles. The average Bonchev–Trinajstić information content (AvgIpc) is 2.88. The van der Waals surface area contributed by atoms with Crippen LogP contribution in [0.15, 0.2) is 54.6 Å². The topological polar surface area (TPSA) is 122 Å². The van der Waals surface area contributed by atoms with Crippen molar-refractivity contribution in [2.24, 2.45) is 11.3 Å². The van der Waals surface area contributed by atoms with E-state index in [0.717, 1.165) is 37.1 Å². The fourth-order valence-corrected chi connectivity index (χ4v) is 5.29. The number of nitrogens with two attached hydrogens (primary N) is 1. The molecule has 5 N–H and O–H groups in total. The van der Waals surface area contributed by atoms with E-state index < -0.39 is 0 Å². The van der Waals surface area contributed by atoms with Gasteiger partial charge in [0, 0.05) is 30.5 Å². The van der Waals surface area contributed by atoms with E-state index in [4.69, 9.17) is 10.5 Å². The number of benzene rings is 2. The lowest BCUT2D eigenvalue weighted by Gasteiger charge is -2.49. The van der Waals surface area contributed by atoms with Crippen LogP contribution >= 0.6 is 0 Å². The SMILES string of the molecule is Nc1nnc(-c2ccccc2O)cc1OCCc1ccc(CNC(=O)C2CC3(CCNCC3)C2)cc1. The van der Waals surface area contributed by atoms with E-state index >= 15 is 0 Å². The van der Waals surface area contributed by atoms with Crippen molar-refractivity contribution in [3.05, 3.63) is 65.7 Å². The van der Waals surface area contributed by atoms with Crippen LogP contribution < -0.4 is 21.1 Å². The first-order chi connectivity index (χ1) is 17.5. The second-order valence-electron chi connectivity index (χ2n) is 9.98. The lowest BCUT2D eigenvalue weighted by Crippen LogP contribution is -2.50. The number of ether oxygens (including phenoxy) is 1. The summed E-state index contributed by atoms with van der Waals surface area (Å²) in [7, 11) is 0. The Labute approximate surface area is 211 Å². The fraction of sp³-hybridized carbons (Fsp3) is 0.393. The third-order valence-corrected chi connectivity index (χ3v) is 7.50. The highest BCUT2D eigenvalue weighted by atomic mass is 16.5. The predicted octanol–water partition coefficient (Wildman–Crippen LogP) is 3.45. The van der Waals surface area contributed by atoms with Gasteiger partial charge in [-0.25, -0.2) is 0 Å². The minimum atomic E-state index is 0.122. The summed E-state index contributed by atoms with van der Waals surface area (Å²) >= 11 is 0. The van der Waals surface area contributed by atoms with Crippen LogP contribution in [0.2, 0.25) is 0 Å². The van der Waals surface area contributed by atoms with Gasteiger partial charge in [0.05, 0.1) is 6.61 Å². The Hall–Kier alpha value is -3.65. The maximum atomic E-state index is 12.6. The van der Waals surface area contributed by atoms with Crippen molar-refractivity contribution in [1.29, 1.82) is 0 Å². The van der Waals surface area contributed by atoms with Crippen LogP contribution in [0.4, 0.5) is 5.82 Å². The van der Waals surface area contributed by atoms with E-state index in [0.29, 0.717) is 42.0 Å². The second-order valence-corrected chi connectivity index (χ2v) is 9.98. The number of piperidine rings is 1. The summed E-state index contributed by atoms with van der Waals surface area (Å²) in [6.45, 7) is 3.13. The Morgan fingerprint density at radius 1 is 1.08 bits per heavy atom. The molecule has 2 aliphatic rings. The first-order valence-electron chi connectivity index (χ1n) is 12.6. The summed E-state index contributed by atoms with van der Waals surface area (Å²) in [6.07, 6.45) is 5.16. The lowest BCUT2D eigenvalue weighted by molar-refractivity contribution is -0.134. The van der Waals surface area contributed by atoms with Gasteiger partial charge in [-0.05, 0) is 67.4 Å². The van der Waals surface area contributed by atoms with Gasteiger partial charge in [0.1, 0.15) is 11.4 Å². The molecular weight excluding hydrogens is 454 g/mol. The number of aromatic nitrogens is 2. The number of nitrogen functional groups attached to an aromatic ring is 1. The van der Waals surface area contributed by atoms with E-state index in [2.05, 4.69) is 33.0 Å². The Balaban J connectivity index is 1.08. The van der Waals surface area contributed by atoms with E-state index in [1.54, 1.807) is 24.3 Å². The number of rotatable bonds is 8. The molecule has 188 valence electrons. The van der Waals surface area contributed by atoms with Gasteiger partial charge in [0.25, 0.3) is 0 Å². The number of hydrogen-bond acceptors (Lipinski definition) is 7. The number of carbonyl (C=O) groups is 1. The number of para-hydroxylation sites is 1. The molecule has 3 aromatic rings. The largest absolute Gasteiger partial charge is 0.507 e. The van der Waals surface area contributed by atoms with Gasteiger partial charge < -0.3 is 26.2 Å². The van der Waals surface area contributed by atoms with Crippen molar-refractivity contribution >= 4 is 11.7 Å². The highest BCUT2D eigenvalue weighted by Crippen LogP contribution is 2.51. The third-order valence-electron chi connectivity index (χ3n) is 7.50. The van der Waals surface area contributed by atoms with Crippen molar-refractivity contribution in [1.82, 2.24) is 20.8 Å². The van der Waals surface area contributed by atoms with Gasteiger partial charge in [-0.1, -0.05) is 36.4 Å². The molecule has 0 unspecified atom stereocenters. The third kappa shape index (κ3) is 5.44. The molecule has 2 heterocycles. The maximum absolute atomic E-state index is 12.6. The van der Waals surface area contributed by atoms with Crippen molar-refractivity contribution in [3.63, 3.8) is 0 Å². The number of hydrogen-bond donors (Lipinski definition) is 4. The van der Waals surface area contributed by atoms with Gasteiger partial charge in [0.15, 0.2) is 11.6 Å². The number of amides is 1. The summed E-state index contributed by atoms with van der Waals surface area (Å²) in [5.41, 5.74) is 9.63. The normalized spacial score (nSPS) is 16.9. The standard InChI is InChI=1S/C28H33N5O3/c29-26-25(15-23(32-33-26)22-3-1-2-4-24(22)34)36-14-9-19-5-7-20(8-6-19)18-31-27(35)21-16-28(17-21)10-12-30-13-11-28/h1-8,15,21,30,34H,9-14,16-18H2,(H2,29,33)(H,31,35). The zero-order chi connectivity index (χ0) is 25.0. The molecule has 5 rings (SSSR count). The van der Waals surface area contributed by atoms with E-state index in [9.17, 15) is 9.90 Å². The van der Waals surface area contributed by atoms with E-state index in [1.807, 2.05) is 18.2 Å². The quantitative estimate of drug-likeness (QED) is 0.384. The van der Waals surface area contributed by atoms with Crippen LogP contribution in [0, 0.1) is 11.3 Å². The summed E-state index contributed by atoms with van der Waals surface area (Å²) in [6, 6.07) is 16.8. The lowest BCUT2D eigenvalue weighted by atomic mass is 9.57. The molecule has 8 nitrogen and oxygen atoms in total. The van der Waals surface area contributed by atoms with Crippen molar-refractivity contribution in [3.8, 4) is 22.8 Å². The minimum absolute atomic E-state index is 0.122. The Morgan fingerprint density at radius 2 is 1.81 bits per heavy atom. The monoisotopic (exact) mass is 487 g/mol. The first-order valence-corrected chi connectivity index (χ1v) is 12.6. The molecule has 0 radical (unpaired) electrons. The number of aromatic hydroxyl groups is 1. The van der Waals surface area contributed by atoms with Crippen LogP contribution in [0.1, 0.15) is 36.8 Å². The highest BCUT2D eigenvalue weighted by molar-refractivity contribution is 5.79. The van der Waals surface area contributed by atoms with Crippen LogP contribution in [-0.4, -0.2) is 40.9 Å². The number of phenols is 1. The smallest absolute Gasteiger partial charge is 0.223 e. The van der Waals surface area contributed by atoms with Gasteiger partial charge in [-0.15, -0.1) is 10.2 Å². The van der Waals surface area contributed by atoms with Crippen molar-refractivity contribution in [2.45, 2.75) is 38.6 Å². The molecule has 1 aliphatic carbocycles. The summed E-state index contributed by atoms with van der Waals surface area (Å²) in [4.78, 5) is 12.6. The molecule has 36 heavy (non-hydrogen) atoms. The van der Waals surface area contributed by atoms with E-state index in [1.165, 1.54) is 12.8 Å². The van der Waals surface area contributed by atoms with Crippen LogP contribution in [-0.2, 0) is 17.8 Å². The van der Waals surface area contributed by atoms with Crippen molar-refractivity contribution < 1.29 is 14.6 Å². The highest BCUT2D eigenvalue weighted by Gasteiger charge is 2.47. The van der Waals surface area contributed by atoms with E-state index in [-0.39, 0.29) is 23.4 Å². The van der Waals surface area contributed by atoms with Crippen molar-refractivity contribution in [2.75, 3.05) is 25.4 Å². The van der Waals surface area contributed by atoms with Gasteiger partial charge >= 0.3 is 0 Å². The molecule has 8 heteroatoms. The molecule has 1 saturated heterocycles. The Morgan fingerprint density at radius 3 is 2.56 bits per heavy atom. The summed E-state index contributed by atoms with van der Waals surface area (Å²) < 4.78 is 5.87. The van der Waals surface area contributed by atoms with Crippen LogP contribution in [0.5, 0.6) is 11.5 Å². The molecule has 1 spiro atoms. The van der Waals surface area contributed by atoms with Gasteiger partial charge in [-0.3, -0.25) is 4.79 Å². The number of nitrogens with one attached hydrogen (secondary N) is 2. The second kappa shape index (κ2) is 10.5. The van der Waals surface area contributed by atoms with Crippen LogP contribution in [0.25, 0.3) is 11.3 Å². The predicted molar refractivity (Wildman–Crippen MR) is 138 cm³/mol. The molecular formula is C28H33N5O3. The number of nitrogens with zero attached hydrogens (tertiary/aromatic N) is 2. The molecule has 0 atom stereocenters. The summed E-state index contributed by atoms with van der Waals surface area (Å²) in [5, 5.41) is 24.6. The van der Waals surface area contributed by atoms with Crippen LogP contribution in [0.3, 0.4) is 0 Å². The number of anilines is 1. The zero-order valence-electron chi connectivity index (χ0n) is 20.4. The summed E-state index contributed by atoms with van der Waals surface area (Å²) in [5.74, 6) is 1.12. The fourth-order valence-electron chi connectivity index (χ4n) is 5.29. The molecule has 1 amide bonds. The number of phenolic OH excluding ortho intramolecular Hbond substituents is 1. The molecule has 2 fully saturated rings.